The summed E-state index contributed by atoms with van der Waals surface area (Å²) in [6, 6.07) is 1.54. The van der Waals surface area contributed by atoms with E-state index in [0.717, 1.165) is 19.3 Å². The zero-order chi connectivity index (χ0) is 10.4. The first-order valence-corrected chi connectivity index (χ1v) is 4.86. The average Bonchev–Trinajstić information content (AvgIpc) is 2.71. The first-order valence-electron chi connectivity index (χ1n) is 4.86. The van der Waals surface area contributed by atoms with E-state index in [0.29, 0.717) is 0 Å². The molecule has 0 saturated heterocycles. The lowest BCUT2D eigenvalue weighted by Gasteiger charge is -2.14. The molecule has 1 rings (SSSR count). The fourth-order valence-electron chi connectivity index (χ4n) is 1.36. The van der Waals surface area contributed by atoms with E-state index in [2.05, 4.69) is 12.0 Å². The number of methoxy groups -OCH3 is 1. The average molecular weight is 196 g/mol. The second-order valence-corrected chi connectivity index (χ2v) is 3.17. The van der Waals surface area contributed by atoms with Gasteiger partial charge in [-0.05, 0) is 12.5 Å². The number of hydrogen-bond donors (Lipinski definition) is 0. The van der Waals surface area contributed by atoms with Crippen molar-refractivity contribution in [3.63, 3.8) is 0 Å². The Bertz CT molecular complexity index is 270. The molecule has 0 fully saturated rings. The number of aromatic nitrogens is 2. The van der Waals surface area contributed by atoms with Gasteiger partial charge < -0.3 is 4.74 Å². The van der Waals surface area contributed by atoms with E-state index < -0.39 is 0 Å². The molecule has 14 heavy (non-hydrogen) atoms. The van der Waals surface area contributed by atoms with Gasteiger partial charge in [0.15, 0.2) is 0 Å². The van der Waals surface area contributed by atoms with Gasteiger partial charge in [-0.3, -0.25) is 4.68 Å². The maximum atomic E-state index is 11.4. The van der Waals surface area contributed by atoms with E-state index in [1.807, 2.05) is 6.07 Å². The summed E-state index contributed by atoms with van der Waals surface area (Å²) in [5.74, 6) is -0.220. The molecular formula is C10H16N2O2. The van der Waals surface area contributed by atoms with Crippen molar-refractivity contribution in [3.8, 4) is 0 Å². The quantitative estimate of drug-likeness (QED) is 0.674. The summed E-state index contributed by atoms with van der Waals surface area (Å²) in [5.41, 5.74) is 0. The van der Waals surface area contributed by atoms with Crippen LogP contribution in [0.4, 0.5) is 0 Å². The van der Waals surface area contributed by atoms with Crippen LogP contribution in [-0.4, -0.2) is 22.9 Å². The van der Waals surface area contributed by atoms with Gasteiger partial charge in [-0.1, -0.05) is 19.8 Å². The summed E-state index contributed by atoms with van der Waals surface area (Å²) in [6.07, 6.45) is 6.30. The highest BCUT2D eigenvalue weighted by Crippen LogP contribution is 2.15. The number of hydrogen-bond acceptors (Lipinski definition) is 3. The SMILES string of the molecule is CCCCC(C(=O)OC)n1cccn1. The summed E-state index contributed by atoms with van der Waals surface area (Å²) >= 11 is 0. The number of nitrogens with zero attached hydrogens (tertiary/aromatic N) is 2. The summed E-state index contributed by atoms with van der Waals surface area (Å²) < 4.78 is 6.39. The van der Waals surface area contributed by atoms with Crippen LogP contribution in [0.2, 0.25) is 0 Å². The summed E-state index contributed by atoms with van der Waals surface area (Å²) in [4.78, 5) is 11.4. The Hall–Kier alpha value is -1.32. The molecular weight excluding hydrogens is 180 g/mol. The minimum Gasteiger partial charge on any atom is -0.467 e. The van der Waals surface area contributed by atoms with E-state index in [4.69, 9.17) is 4.74 Å². The van der Waals surface area contributed by atoms with E-state index in [1.54, 1.807) is 17.1 Å². The zero-order valence-corrected chi connectivity index (χ0v) is 8.64. The maximum Gasteiger partial charge on any atom is 0.330 e. The van der Waals surface area contributed by atoms with Gasteiger partial charge in [-0.25, -0.2) is 4.79 Å². The van der Waals surface area contributed by atoms with Gasteiger partial charge in [-0.15, -0.1) is 0 Å². The molecule has 0 saturated carbocycles. The standard InChI is InChI=1S/C10H16N2O2/c1-3-4-6-9(10(13)14-2)12-8-5-7-11-12/h5,7-9H,3-4,6H2,1-2H3. The molecule has 0 spiro atoms. The lowest BCUT2D eigenvalue weighted by atomic mass is 10.1. The Morgan fingerprint density at radius 3 is 2.93 bits per heavy atom. The molecule has 0 radical (unpaired) electrons. The van der Waals surface area contributed by atoms with Gasteiger partial charge in [0, 0.05) is 12.4 Å². The highest BCUT2D eigenvalue weighted by Gasteiger charge is 2.20. The molecule has 1 heterocycles. The van der Waals surface area contributed by atoms with Crippen molar-refractivity contribution in [2.45, 2.75) is 32.2 Å². The zero-order valence-electron chi connectivity index (χ0n) is 8.64. The Morgan fingerprint density at radius 1 is 1.64 bits per heavy atom. The molecule has 0 N–H and O–H groups in total. The van der Waals surface area contributed by atoms with Crippen LogP contribution in [-0.2, 0) is 9.53 Å². The molecule has 1 aromatic rings. The van der Waals surface area contributed by atoms with Crippen LogP contribution in [0.15, 0.2) is 18.5 Å². The van der Waals surface area contributed by atoms with Crippen molar-refractivity contribution in [1.82, 2.24) is 9.78 Å². The van der Waals surface area contributed by atoms with Gasteiger partial charge in [0.05, 0.1) is 7.11 Å². The molecule has 1 atom stereocenters. The van der Waals surface area contributed by atoms with Crippen molar-refractivity contribution in [1.29, 1.82) is 0 Å². The Balaban J connectivity index is 2.67. The van der Waals surface area contributed by atoms with E-state index in [-0.39, 0.29) is 12.0 Å². The molecule has 4 nitrogen and oxygen atoms in total. The van der Waals surface area contributed by atoms with Crippen LogP contribution in [0.5, 0.6) is 0 Å². The van der Waals surface area contributed by atoms with Crippen molar-refractivity contribution in [3.05, 3.63) is 18.5 Å². The van der Waals surface area contributed by atoms with Crippen LogP contribution in [0.1, 0.15) is 32.2 Å². The van der Waals surface area contributed by atoms with Gasteiger partial charge in [0.1, 0.15) is 6.04 Å². The van der Waals surface area contributed by atoms with Crippen LogP contribution in [0.3, 0.4) is 0 Å². The Kier molecular flexibility index (Phi) is 4.16. The maximum absolute atomic E-state index is 11.4. The predicted octanol–water partition coefficient (Wildman–Crippen LogP) is 1.79. The number of rotatable bonds is 5. The van der Waals surface area contributed by atoms with Crippen molar-refractivity contribution in [2.75, 3.05) is 7.11 Å². The van der Waals surface area contributed by atoms with Crippen LogP contribution >= 0.6 is 0 Å². The third-order valence-corrected chi connectivity index (χ3v) is 2.15. The van der Waals surface area contributed by atoms with E-state index in [1.165, 1.54) is 7.11 Å². The third kappa shape index (κ3) is 2.58. The molecule has 0 bridgehead atoms. The number of carbonyl (C=O) groups excluding carboxylic acids is 1. The van der Waals surface area contributed by atoms with Crippen LogP contribution in [0.25, 0.3) is 0 Å². The molecule has 0 amide bonds. The number of unbranched alkanes of at least 4 members (excludes halogenated alkanes) is 1. The predicted molar refractivity (Wildman–Crippen MR) is 52.8 cm³/mol. The van der Waals surface area contributed by atoms with E-state index >= 15 is 0 Å². The highest BCUT2D eigenvalue weighted by molar-refractivity contribution is 5.73. The van der Waals surface area contributed by atoms with Crippen LogP contribution in [0, 0.1) is 0 Å². The number of carbonyl (C=O) groups is 1. The summed E-state index contributed by atoms with van der Waals surface area (Å²) in [5, 5.41) is 4.05. The van der Waals surface area contributed by atoms with E-state index in [9.17, 15) is 4.79 Å². The summed E-state index contributed by atoms with van der Waals surface area (Å²) in [6.45, 7) is 2.09. The second-order valence-electron chi connectivity index (χ2n) is 3.17. The normalized spacial score (nSPS) is 12.4. The van der Waals surface area contributed by atoms with Crippen molar-refractivity contribution >= 4 is 5.97 Å². The molecule has 0 aromatic carbocycles. The minimum absolute atomic E-state index is 0.220. The largest absolute Gasteiger partial charge is 0.467 e. The molecule has 78 valence electrons. The fourth-order valence-corrected chi connectivity index (χ4v) is 1.36. The topological polar surface area (TPSA) is 44.1 Å². The van der Waals surface area contributed by atoms with Gasteiger partial charge in [0.2, 0.25) is 0 Å². The van der Waals surface area contributed by atoms with Crippen LogP contribution < -0.4 is 0 Å². The number of ether oxygens (including phenoxy) is 1. The summed E-state index contributed by atoms with van der Waals surface area (Å²) in [7, 11) is 1.41. The Morgan fingerprint density at radius 2 is 2.43 bits per heavy atom. The fraction of sp³-hybridized carbons (Fsp3) is 0.600. The first kappa shape index (κ1) is 10.8. The third-order valence-electron chi connectivity index (χ3n) is 2.15. The highest BCUT2D eigenvalue weighted by atomic mass is 16.5. The minimum atomic E-state index is -0.269. The molecule has 0 aliphatic carbocycles. The number of esters is 1. The monoisotopic (exact) mass is 196 g/mol. The van der Waals surface area contributed by atoms with Crippen molar-refractivity contribution in [2.24, 2.45) is 0 Å². The van der Waals surface area contributed by atoms with Gasteiger partial charge >= 0.3 is 5.97 Å². The van der Waals surface area contributed by atoms with Gasteiger partial charge in [-0.2, -0.15) is 5.10 Å². The van der Waals surface area contributed by atoms with Crippen molar-refractivity contribution < 1.29 is 9.53 Å². The first-order chi connectivity index (χ1) is 6.79. The molecule has 0 aliphatic rings. The molecule has 1 unspecified atom stereocenters. The van der Waals surface area contributed by atoms with Gasteiger partial charge in [0.25, 0.3) is 0 Å². The lowest BCUT2D eigenvalue weighted by Crippen LogP contribution is -2.21. The second kappa shape index (κ2) is 5.42. The molecule has 4 heteroatoms. The smallest absolute Gasteiger partial charge is 0.330 e. The molecule has 1 aromatic heterocycles. The Labute approximate surface area is 83.9 Å². The lowest BCUT2D eigenvalue weighted by molar-refractivity contribution is -0.145. The molecule has 0 aliphatic heterocycles.